The third-order valence-corrected chi connectivity index (χ3v) is 8.43. The summed E-state index contributed by atoms with van der Waals surface area (Å²) in [4.78, 5) is 14.7. The van der Waals surface area contributed by atoms with E-state index in [1.54, 1.807) is 24.3 Å². The fourth-order valence-electron chi connectivity index (χ4n) is 2.89. The maximum Gasteiger partial charge on any atom is 0.179 e. The number of hydrogen-bond donors (Lipinski definition) is 0. The molecule has 0 amide bonds. The first-order valence-electron chi connectivity index (χ1n) is 8.65. The lowest BCUT2D eigenvalue weighted by molar-refractivity contribution is -0.118. The summed E-state index contributed by atoms with van der Waals surface area (Å²) in [5.74, 6) is -1.71. The lowest BCUT2D eigenvalue weighted by Gasteiger charge is -2.36. The maximum absolute atomic E-state index is 13.7. The smallest absolute Gasteiger partial charge is 0.179 e. The molecular formula is C22H18Cl2F2O2S. The molecule has 0 aromatic heterocycles. The second kappa shape index (κ2) is 9.16. The minimum absolute atomic E-state index is 0.158. The van der Waals surface area contributed by atoms with E-state index in [-0.39, 0.29) is 23.9 Å². The van der Waals surface area contributed by atoms with Gasteiger partial charge in [0.25, 0.3) is 0 Å². The molecule has 0 spiro atoms. The zero-order valence-electron chi connectivity index (χ0n) is 15.5. The van der Waals surface area contributed by atoms with Crippen LogP contribution in [0.2, 0.25) is 10.0 Å². The number of carbonyl (C=O) groups excluding carboxylic acids is 1. The minimum Gasteiger partial charge on any atom is -0.483 e. The molecule has 0 aliphatic heterocycles. The number of Topliss-reactive ketones (excluding diaryl/α,β-unsaturated/α-hetero) is 1. The van der Waals surface area contributed by atoms with Crippen LogP contribution in [0.25, 0.3) is 0 Å². The SMILES string of the molecule is CS(CC(=O)COc1ccc(F)cc1F)(c1ccc(Cl)cc1)c1ccc(Cl)cc1. The molecule has 0 saturated heterocycles. The first-order valence-corrected chi connectivity index (χ1v) is 11.6. The van der Waals surface area contributed by atoms with Crippen molar-refractivity contribution in [1.82, 2.24) is 0 Å². The average molecular weight is 455 g/mol. The molecule has 0 heterocycles. The predicted molar refractivity (Wildman–Crippen MR) is 115 cm³/mol. The van der Waals surface area contributed by atoms with Crippen molar-refractivity contribution < 1.29 is 18.3 Å². The zero-order valence-corrected chi connectivity index (χ0v) is 17.8. The fraction of sp³-hybridized carbons (Fsp3) is 0.136. The Balaban J connectivity index is 1.83. The van der Waals surface area contributed by atoms with E-state index >= 15 is 0 Å². The molecule has 2 nitrogen and oxygen atoms in total. The van der Waals surface area contributed by atoms with Crippen LogP contribution in [0.15, 0.2) is 76.5 Å². The second-order valence-corrected chi connectivity index (χ2v) is 10.8. The number of halogens is 4. The van der Waals surface area contributed by atoms with Gasteiger partial charge in [0, 0.05) is 21.9 Å². The van der Waals surface area contributed by atoms with E-state index < -0.39 is 21.7 Å². The minimum atomic E-state index is -1.75. The molecule has 0 bridgehead atoms. The van der Waals surface area contributed by atoms with Gasteiger partial charge < -0.3 is 4.74 Å². The van der Waals surface area contributed by atoms with E-state index in [2.05, 4.69) is 0 Å². The number of ether oxygens (including phenoxy) is 1. The van der Waals surface area contributed by atoms with Gasteiger partial charge in [0.1, 0.15) is 12.4 Å². The van der Waals surface area contributed by atoms with Crippen molar-refractivity contribution in [2.45, 2.75) is 9.79 Å². The zero-order chi connectivity index (χ0) is 21.0. The number of ketones is 1. The van der Waals surface area contributed by atoms with Gasteiger partial charge in [-0.15, -0.1) is 0 Å². The molecular weight excluding hydrogens is 437 g/mol. The van der Waals surface area contributed by atoms with E-state index in [9.17, 15) is 13.6 Å². The van der Waals surface area contributed by atoms with Crippen LogP contribution in [0, 0.1) is 11.6 Å². The van der Waals surface area contributed by atoms with Crippen molar-refractivity contribution in [2.24, 2.45) is 0 Å². The fourth-order valence-corrected chi connectivity index (χ4v) is 5.95. The summed E-state index contributed by atoms with van der Waals surface area (Å²) in [6, 6.07) is 17.7. The third-order valence-electron chi connectivity index (χ3n) is 4.40. The Kier molecular flexibility index (Phi) is 6.83. The summed E-state index contributed by atoms with van der Waals surface area (Å²) in [5.41, 5.74) is 0. The molecule has 0 saturated carbocycles. The molecule has 3 aromatic rings. The molecule has 3 rings (SSSR count). The first kappa shape index (κ1) is 21.6. The molecule has 0 radical (unpaired) electrons. The largest absolute Gasteiger partial charge is 0.483 e. The summed E-state index contributed by atoms with van der Waals surface area (Å²) >= 11 is 12.0. The summed E-state index contributed by atoms with van der Waals surface area (Å²) in [6.45, 7) is -0.313. The van der Waals surface area contributed by atoms with E-state index in [0.717, 1.165) is 21.9 Å². The summed E-state index contributed by atoms with van der Waals surface area (Å²) < 4.78 is 32.1. The first-order chi connectivity index (χ1) is 13.8. The molecule has 0 N–H and O–H groups in total. The number of hydrogen-bond acceptors (Lipinski definition) is 2. The highest BCUT2D eigenvalue weighted by molar-refractivity contribution is 8.33. The van der Waals surface area contributed by atoms with E-state index in [0.29, 0.717) is 10.0 Å². The van der Waals surface area contributed by atoms with Crippen LogP contribution in [-0.4, -0.2) is 24.4 Å². The molecule has 7 heteroatoms. The van der Waals surface area contributed by atoms with Gasteiger partial charge in [-0.1, -0.05) is 23.2 Å². The van der Waals surface area contributed by atoms with Crippen LogP contribution >= 0.6 is 33.2 Å². The van der Waals surface area contributed by atoms with Crippen molar-refractivity contribution in [3.05, 3.63) is 88.4 Å². The molecule has 0 atom stereocenters. The lowest BCUT2D eigenvalue weighted by atomic mass is 10.3. The van der Waals surface area contributed by atoms with Gasteiger partial charge in [-0.25, -0.2) is 8.78 Å². The van der Waals surface area contributed by atoms with Gasteiger partial charge in [-0.2, -0.15) is 10.0 Å². The Morgan fingerprint density at radius 2 is 1.41 bits per heavy atom. The van der Waals surface area contributed by atoms with Gasteiger partial charge >= 0.3 is 0 Å². The molecule has 152 valence electrons. The molecule has 0 unspecified atom stereocenters. The van der Waals surface area contributed by atoms with Crippen LogP contribution in [0.1, 0.15) is 0 Å². The Hall–Kier alpha value is -2.08. The molecule has 0 fully saturated rings. The average Bonchev–Trinajstić information content (AvgIpc) is 2.68. The predicted octanol–water partition coefficient (Wildman–Crippen LogP) is 6.77. The Morgan fingerprint density at radius 3 is 1.90 bits per heavy atom. The Morgan fingerprint density at radius 1 is 0.897 bits per heavy atom. The van der Waals surface area contributed by atoms with Gasteiger partial charge in [-0.05, 0) is 76.7 Å². The van der Waals surface area contributed by atoms with Crippen LogP contribution in [-0.2, 0) is 4.79 Å². The highest BCUT2D eigenvalue weighted by atomic mass is 35.5. The Bertz CT molecular complexity index is 963. The molecule has 0 aliphatic carbocycles. The van der Waals surface area contributed by atoms with Gasteiger partial charge in [0.15, 0.2) is 17.3 Å². The monoisotopic (exact) mass is 454 g/mol. The highest BCUT2D eigenvalue weighted by Crippen LogP contribution is 2.59. The maximum atomic E-state index is 13.7. The molecule has 29 heavy (non-hydrogen) atoms. The van der Waals surface area contributed by atoms with Gasteiger partial charge in [0.2, 0.25) is 0 Å². The topological polar surface area (TPSA) is 26.3 Å². The lowest BCUT2D eigenvalue weighted by Crippen LogP contribution is -2.20. The second-order valence-electron chi connectivity index (χ2n) is 6.54. The summed E-state index contributed by atoms with van der Waals surface area (Å²) in [5, 5.41) is 1.21. The molecule has 0 aliphatic rings. The third kappa shape index (κ3) is 5.30. The van der Waals surface area contributed by atoms with Crippen LogP contribution in [0.5, 0.6) is 5.75 Å². The van der Waals surface area contributed by atoms with Crippen LogP contribution < -0.4 is 4.74 Å². The van der Waals surface area contributed by atoms with E-state index in [1.807, 2.05) is 30.5 Å². The number of benzene rings is 3. The quantitative estimate of drug-likeness (QED) is 0.393. The summed E-state index contributed by atoms with van der Waals surface area (Å²) in [7, 11) is -1.75. The highest BCUT2D eigenvalue weighted by Gasteiger charge is 2.27. The summed E-state index contributed by atoms with van der Waals surface area (Å²) in [6.07, 6.45) is 2.02. The van der Waals surface area contributed by atoms with Crippen molar-refractivity contribution in [2.75, 3.05) is 18.6 Å². The van der Waals surface area contributed by atoms with Crippen molar-refractivity contribution >= 4 is 39.0 Å². The Labute approximate surface area is 179 Å². The van der Waals surface area contributed by atoms with Gasteiger partial charge in [-0.3, -0.25) is 4.79 Å². The van der Waals surface area contributed by atoms with Crippen molar-refractivity contribution in [3.8, 4) is 5.75 Å². The normalized spacial score (nSPS) is 11.9. The number of carbonyl (C=O) groups is 1. The molecule has 3 aromatic carbocycles. The van der Waals surface area contributed by atoms with Crippen molar-refractivity contribution in [1.29, 1.82) is 0 Å². The van der Waals surface area contributed by atoms with E-state index in [4.69, 9.17) is 27.9 Å². The van der Waals surface area contributed by atoms with Crippen molar-refractivity contribution in [3.63, 3.8) is 0 Å². The van der Waals surface area contributed by atoms with Crippen LogP contribution in [0.4, 0.5) is 8.78 Å². The van der Waals surface area contributed by atoms with E-state index in [1.165, 1.54) is 6.07 Å². The number of rotatable bonds is 7. The van der Waals surface area contributed by atoms with Gasteiger partial charge in [0.05, 0.1) is 0 Å². The van der Waals surface area contributed by atoms with Crippen LogP contribution in [0.3, 0.4) is 0 Å². The standard InChI is InChI=1S/C22H18Cl2F2O2S/c1-29(19-7-2-15(23)3-8-19,20-9-4-16(24)5-10-20)14-18(27)13-28-22-11-6-17(25)12-21(22)26/h2-12H,13-14H2,1H3.